The van der Waals surface area contributed by atoms with Gasteiger partial charge in [0.25, 0.3) is 0 Å². The van der Waals surface area contributed by atoms with Crippen molar-refractivity contribution in [2.24, 2.45) is 7.05 Å². The molecule has 2 rings (SSSR count). The van der Waals surface area contributed by atoms with Gasteiger partial charge in [-0.3, -0.25) is 4.98 Å². The van der Waals surface area contributed by atoms with Crippen LogP contribution in [0.5, 0.6) is 0 Å². The van der Waals surface area contributed by atoms with Gasteiger partial charge in [0.15, 0.2) is 0 Å². The first-order valence-electron chi connectivity index (χ1n) is 5.48. The van der Waals surface area contributed by atoms with Gasteiger partial charge in [-0.2, -0.15) is 0 Å². The second-order valence-corrected chi connectivity index (χ2v) is 4.33. The largest absolute Gasteiger partial charge is 0.321 e. The van der Waals surface area contributed by atoms with Crippen LogP contribution < -0.4 is 5.32 Å². The first-order chi connectivity index (χ1) is 8.18. The van der Waals surface area contributed by atoms with Gasteiger partial charge in [-0.15, -0.1) is 0 Å². The molecule has 5 heteroatoms. The lowest BCUT2D eigenvalue weighted by atomic mass is 10.1. The molecule has 17 heavy (non-hydrogen) atoms. The van der Waals surface area contributed by atoms with E-state index >= 15 is 0 Å². The molecule has 90 valence electrons. The van der Waals surface area contributed by atoms with E-state index in [0.29, 0.717) is 11.7 Å². The highest BCUT2D eigenvalue weighted by atomic mass is 35.5. The third kappa shape index (κ3) is 2.84. The molecule has 0 aliphatic heterocycles. The van der Waals surface area contributed by atoms with Crippen LogP contribution in [-0.4, -0.2) is 14.5 Å². The first-order valence-corrected chi connectivity index (χ1v) is 5.85. The molecule has 0 aliphatic rings. The molecular formula is C12H15ClN4. The van der Waals surface area contributed by atoms with E-state index < -0.39 is 0 Å². The summed E-state index contributed by atoms with van der Waals surface area (Å²) in [7, 11) is 1.90. The van der Waals surface area contributed by atoms with Crippen LogP contribution in [0.1, 0.15) is 24.4 Å². The predicted molar refractivity (Wildman–Crippen MR) is 67.7 cm³/mol. The molecule has 0 saturated carbocycles. The van der Waals surface area contributed by atoms with Crippen molar-refractivity contribution in [3.63, 3.8) is 0 Å². The third-order valence-electron chi connectivity index (χ3n) is 2.78. The fraction of sp³-hybridized carbons (Fsp3) is 0.333. The van der Waals surface area contributed by atoms with Crippen LogP contribution in [0.25, 0.3) is 0 Å². The number of halogens is 1. The smallest absolute Gasteiger partial charge is 0.128 e. The number of nitrogens with zero attached hydrogens (tertiary/aromatic N) is 3. The summed E-state index contributed by atoms with van der Waals surface area (Å²) in [5.74, 6) is 0.922. The molecule has 0 fully saturated rings. The first kappa shape index (κ1) is 12.1. The minimum absolute atomic E-state index is 0.235. The van der Waals surface area contributed by atoms with Crippen molar-refractivity contribution in [1.29, 1.82) is 0 Å². The van der Waals surface area contributed by atoms with Crippen LogP contribution in [0.3, 0.4) is 0 Å². The lowest BCUT2D eigenvalue weighted by Gasteiger charge is -2.13. The average Bonchev–Trinajstić information content (AvgIpc) is 2.68. The normalized spacial score (nSPS) is 12.6. The fourth-order valence-electron chi connectivity index (χ4n) is 1.58. The molecule has 0 radical (unpaired) electrons. The van der Waals surface area contributed by atoms with Gasteiger partial charge >= 0.3 is 0 Å². The number of hydrogen-bond acceptors (Lipinski definition) is 3. The Morgan fingerprint density at radius 1 is 1.47 bits per heavy atom. The van der Waals surface area contributed by atoms with Crippen molar-refractivity contribution < 1.29 is 0 Å². The van der Waals surface area contributed by atoms with Crippen molar-refractivity contribution in [2.45, 2.75) is 19.5 Å². The highest BCUT2D eigenvalue weighted by Crippen LogP contribution is 2.12. The number of rotatable bonds is 4. The third-order valence-corrected chi connectivity index (χ3v) is 3.13. The SMILES string of the molecule is C[C@@H](NCc1ncc(Cl)n1C)c1cccnc1. The predicted octanol–water partition coefficient (Wildman–Crippen LogP) is 2.32. The fourth-order valence-corrected chi connectivity index (χ4v) is 1.73. The molecule has 0 aromatic carbocycles. The molecule has 2 heterocycles. The van der Waals surface area contributed by atoms with E-state index in [4.69, 9.17) is 11.6 Å². The van der Waals surface area contributed by atoms with E-state index in [1.54, 1.807) is 12.4 Å². The van der Waals surface area contributed by atoms with Gasteiger partial charge in [-0.1, -0.05) is 17.7 Å². The Balaban J connectivity index is 1.97. The molecule has 0 spiro atoms. The highest BCUT2D eigenvalue weighted by Gasteiger charge is 2.08. The topological polar surface area (TPSA) is 42.7 Å². The summed E-state index contributed by atoms with van der Waals surface area (Å²) in [6.07, 6.45) is 5.30. The van der Waals surface area contributed by atoms with Gasteiger partial charge in [0.05, 0.1) is 12.7 Å². The zero-order valence-corrected chi connectivity index (χ0v) is 10.6. The van der Waals surface area contributed by atoms with E-state index in [9.17, 15) is 0 Å². The van der Waals surface area contributed by atoms with Gasteiger partial charge < -0.3 is 9.88 Å². The number of nitrogens with one attached hydrogen (secondary N) is 1. The van der Waals surface area contributed by atoms with E-state index in [-0.39, 0.29) is 6.04 Å². The molecule has 0 bridgehead atoms. The Labute approximate surface area is 106 Å². The van der Waals surface area contributed by atoms with Crippen LogP contribution in [0.4, 0.5) is 0 Å². The maximum Gasteiger partial charge on any atom is 0.128 e. The van der Waals surface area contributed by atoms with Gasteiger partial charge in [0.1, 0.15) is 11.0 Å². The Bertz CT molecular complexity index is 481. The second-order valence-electron chi connectivity index (χ2n) is 3.95. The van der Waals surface area contributed by atoms with Gasteiger partial charge in [0.2, 0.25) is 0 Å². The summed E-state index contributed by atoms with van der Waals surface area (Å²) < 4.78 is 1.87. The van der Waals surface area contributed by atoms with Crippen LogP contribution in [0.15, 0.2) is 30.7 Å². The van der Waals surface area contributed by atoms with E-state index in [1.807, 2.05) is 23.9 Å². The summed E-state index contributed by atoms with van der Waals surface area (Å²) >= 11 is 5.92. The molecule has 2 aromatic rings. The number of pyridine rings is 1. The summed E-state index contributed by atoms with van der Waals surface area (Å²) in [6.45, 7) is 2.78. The minimum Gasteiger partial charge on any atom is -0.321 e. The van der Waals surface area contributed by atoms with E-state index in [1.165, 1.54) is 0 Å². The van der Waals surface area contributed by atoms with Crippen LogP contribution in [-0.2, 0) is 13.6 Å². The Morgan fingerprint density at radius 3 is 2.88 bits per heavy atom. The van der Waals surface area contributed by atoms with Crippen molar-refractivity contribution in [2.75, 3.05) is 0 Å². The lowest BCUT2D eigenvalue weighted by molar-refractivity contribution is 0.548. The quantitative estimate of drug-likeness (QED) is 0.906. The maximum atomic E-state index is 5.92. The molecular weight excluding hydrogens is 236 g/mol. The Kier molecular flexibility index (Phi) is 3.76. The standard InChI is InChI=1S/C12H15ClN4/c1-9(10-4-3-5-14-6-10)15-8-12-16-7-11(13)17(12)2/h3-7,9,15H,8H2,1-2H3/t9-/m1/s1. The monoisotopic (exact) mass is 250 g/mol. The van der Waals surface area contributed by atoms with Crippen molar-refractivity contribution in [1.82, 2.24) is 19.9 Å². The second kappa shape index (κ2) is 5.29. The van der Waals surface area contributed by atoms with Crippen molar-refractivity contribution in [3.05, 3.63) is 47.3 Å². The van der Waals surface area contributed by atoms with Gasteiger partial charge in [0, 0.05) is 25.5 Å². The summed E-state index contributed by atoms with van der Waals surface area (Å²) in [5.41, 5.74) is 1.16. The van der Waals surface area contributed by atoms with Crippen LogP contribution in [0, 0.1) is 0 Å². The van der Waals surface area contributed by atoms with E-state index in [0.717, 1.165) is 11.4 Å². The Morgan fingerprint density at radius 2 is 2.29 bits per heavy atom. The zero-order valence-electron chi connectivity index (χ0n) is 9.89. The van der Waals surface area contributed by atoms with Crippen LogP contribution in [0.2, 0.25) is 5.15 Å². The summed E-state index contributed by atoms with van der Waals surface area (Å²) in [6, 6.07) is 4.22. The molecule has 0 saturated heterocycles. The molecule has 2 aromatic heterocycles. The number of imidazole rings is 1. The van der Waals surface area contributed by atoms with E-state index in [2.05, 4.69) is 28.3 Å². The van der Waals surface area contributed by atoms with Crippen molar-refractivity contribution >= 4 is 11.6 Å². The molecule has 1 N–H and O–H groups in total. The maximum absolute atomic E-state index is 5.92. The number of hydrogen-bond donors (Lipinski definition) is 1. The van der Waals surface area contributed by atoms with Gasteiger partial charge in [-0.25, -0.2) is 4.98 Å². The lowest BCUT2D eigenvalue weighted by Crippen LogP contribution is -2.20. The highest BCUT2D eigenvalue weighted by molar-refractivity contribution is 6.29. The number of aromatic nitrogens is 3. The molecule has 0 amide bonds. The van der Waals surface area contributed by atoms with Crippen molar-refractivity contribution in [3.8, 4) is 0 Å². The Hall–Kier alpha value is -1.39. The zero-order chi connectivity index (χ0) is 12.3. The molecule has 4 nitrogen and oxygen atoms in total. The molecule has 1 atom stereocenters. The minimum atomic E-state index is 0.235. The van der Waals surface area contributed by atoms with Crippen LogP contribution >= 0.6 is 11.6 Å². The van der Waals surface area contributed by atoms with Gasteiger partial charge in [-0.05, 0) is 18.6 Å². The summed E-state index contributed by atoms with van der Waals surface area (Å²) in [5, 5.41) is 4.04. The molecule has 0 aliphatic carbocycles. The molecule has 0 unspecified atom stereocenters. The average molecular weight is 251 g/mol. The summed E-state index contributed by atoms with van der Waals surface area (Å²) in [4.78, 5) is 8.33.